The number of amides is 1. The van der Waals surface area contributed by atoms with Crippen LogP contribution in [0.1, 0.15) is 52.4 Å². The fourth-order valence-corrected chi connectivity index (χ4v) is 4.19. The van der Waals surface area contributed by atoms with Crippen molar-refractivity contribution in [2.45, 2.75) is 57.9 Å². The van der Waals surface area contributed by atoms with Crippen LogP contribution in [0, 0.1) is 11.3 Å². The Kier molecular flexibility index (Phi) is 5.31. The summed E-state index contributed by atoms with van der Waals surface area (Å²) in [7, 11) is 4.33. The summed E-state index contributed by atoms with van der Waals surface area (Å²) in [4.78, 5) is 15.1. The van der Waals surface area contributed by atoms with Crippen molar-refractivity contribution in [3.8, 4) is 0 Å². The van der Waals surface area contributed by atoms with E-state index >= 15 is 0 Å². The molecule has 1 amide bonds. The van der Waals surface area contributed by atoms with Crippen molar-refractivity contribution in [1.82, 2.24) is 15.5 Å². The summed E-state index contributed by atoms with van der Waals surface area (Å²) in [6.07, 6.45) is 6.89. The van der Waals surface area contributed by atoms with Crippen LogP contribution in [0.2, 0.25) is 0 Å². The molecule has 21 heavy (non-hydrogen) atoms. The molecule has 1 aliphatic heterocycles. The molecule has 0 aromatic carbocycles. The number of nitrogens with one attached hydrogen (secondary N) is 2. The second-order valence-electron chi connectivity index (χ2n) is 7.56. The SMILES string of the molecule is CCC1(C(=O)NCC2(N(C)C)CCCC(C)C2)CCNC1. The van der Waals surface area contributed by atoms with Crippen LogP contribution in [0.3, 0.4) is 0 Å². The number of carbonyl (C=O) groups excluding carboxylic acids is 1. The molecule has 0 spiro atoms. The molecule has 1 saturated carbocycles. The summed E-state index contributed by atoms with van der Waals surface area (Å²) >= 11 is 0. The van der Waals surface area contributed by atoms with Crippen LogP contribution in [0.15, 0.2) is 0 Å². The second kappa shape index (κ2) is 6.66. The Hall–Kier alpha value is -0.610. The van der Waals surface area contributed by atoms with Crippen LogP contribution in [0.4, 0.5) is 0 Å². The highest BCUT2D eigenvalue weighted by molar-refractivity contribution is 5.83. The maximum atomic E-state index is 12.7. The van der Waals surface area contributed by atoms with Gasteiger partial charge < -0.3 is 15.5 Å². The number of carbonyl (C=O) groups is 1. The normalized spacial score (nSPS) is 36.9. The molecule has 122 valence electrons. The van der Waals surface area contributed by atoms with E-state index in [2.05, 4.69) is 43.5 Å². The lowest BCUT2D eigenvalue weighted by Crippen LogP contribution is -2.57. The van der Waals surface area contributed by atoms with E-state index in [9.17, 15) is 4.79 Å². The van der Waals surface area contributed by atoms with Gasteiger partial charge in [0.25, 0.3) is 0 Å². The van der Waals surface area contributed by atoms with Crippen molar-refractivity contribution in [1.29, 1.82) is 0 Å². The number of nitrogens with zero attached hydrogens (tertiary/aromatic N) is 1. The summed E-state index contributed by atoms with van der Waals surface area (Å²) < 4.78 is 0. The molecule has 2 rings (SSSR count). The number of likely N-dealkylation sites (N-methyl/N-ethyl adjacent to an activating group) is 1. The Morgan fingerprint density at radius 1 is 1.38 bits per heavy atom. The summed E-state index contributed by atoms with van der Waals surface area (Å²) in [6.45, 7) is 7.08. The Morgan fingerprint density at radius 3 is 2.67 bits per heavy atom. The van der Waals surface area contributed by atoms with E-state index in [4.69, 9.17) is 0 Å². The molecular formula is C17H33N3O. The second-order valence-corrected chi connectivity index (χ2v) is 7.56. The zero-order chi connectivity index (χ0) is 15.5. The molecule has 3 atom stereocenters. The summed E-state index contributed by atoms with van der Waals surface area (Å²) in [5.41, 5.74) is -0.0257. The lowest BCUT2D eigenvalue weighted by molar-refractivity contribution is -0.131. The van der Waals surface area contributed by atoms with Gasteiger partial charge >= 0.3 is 0 Å². The van der Waals surface area contributed by atoms with Gasteiger partial charge in [-0.1, -0.05) is 26.7 Å². The van der Waals surface area contributed by atoms with E-state index in [0.29, 0.717) is 0 Å². The fourth-order valence-electron chi connectivity index (χ4n) is 4.19. The molecular weight excluding hydrogens is 262 g/mol. The average Bonchev–Trinajstić information content (AvgIpc) is 2.95. The zero-order valence-electron chi connectivity index (χ0n) is 14.3. The molecule has 1 aliphatic carbocycles. The lowest BCUT2D eigenvalue weighted by atomic mass is 9.75. The number of hydrogen-bond acceptors (Lipinski definition) is 3. The molecule has 4 heteroatoms. The number of rotatable bonds is 5. The third-order valence-corrected chi connectivity index (χ3v) is 6.00. The molecule has 4 nitrogen and oxygen atoms in total. The van der Waals surface area contributed by atoms with E-state index in [0.717, 1.165) is 38.4 Å². The molecule has 3 unspecified atom stereocenters. The van der Waals surface area contributed by atoms with Crippen LogP contribution in [-0.2, 0) is 4.79 Å². The van der Waals surface area contributed by atoms with Gasteiger partial charge in [0.05, 0.1) is 5.41 Å². The minimum absolute atomic E-state index is 0.147. The molecule has 0 aromatic heterocycles. The monoisotopic (exact) mass is 295 g/mol. The van der Waals surface area contributed by atoms with Crippen molar-refractivity contribution < 1.29 is 4.79 Å². The van der Waals surface area contributed by atoms with Gasteiger partial charge in [0.1, 0.15) is 0 Å². The standard InChI is InChI=1S/C17H33N3O/c1-5-16(9-10-18-12-16)15(21)19-13-17(20(3)4)8-6-7-14(2)11-17/h14,18H,5-13H2,1-4H3,(H,19,21). The van der Waals surface area contributed by atoms with Crippen LogP contribution in [-0.4, -0.2) is 50.1 Å². The molecule has 2 aliphatic rings. The zero-order valence-corrected chi connectivity index (χ0v) is 14.3. The molecule has 2 N–H and O–H groups in total. The first kappa shape index (κ1) is 16.8. The third kappa shape index (κ3) is 3.42. The quantitative estimate of drug-likeness (QED) is 0.815. The first-order valence-electron chi connectivity index (χ1n) is 8.61. The van der Waals surface area contributed by atoms with Crippen molar-refractivity contribution in [2.24, 2.45) is 11.3 Å². The molecule has 0 aromatic rings. The molecule has 2 fully saturated rings. The Labute approximate surface area is 130 Å². The van der Waals surface area contributed by atoms with Crippen LogP contribution >= 0.6 is 0 Å². The van der Waals surface area contributed by atoms with E-state index in [1.54, 1.807) is 0 Å². The maximum absolute atomic E-state index is 12.7. The summed E-state index contributed by atoms with van der Waals surface area (Å²) in [6, 6.07) is 0. The minimum atomic E-state index is -0.173. The Bertz CT molecular complexity index is 363. The molecule has 1 saturated heterocycles. The van der Waals surface area contributed by atoms with Gasteiger partial charge in [-0.05, 0) is 52.2 Å². The first-order valence-corrected chi connectivity index (χ1v) is 8.61. The van der Waals surface area contributed by atoms with Gasteiger partial charge in [0.15, 0.2) is 0 Å². The van der Waals surface area contributed by atoms with Gasteiger partial charge in [-0.15, -0.1) is 0 Å². The van der Waals surface area contributed by atoms with E-state index < -0.39 is 0 Å². The Morgan fingerprint density at radius 2 is 2.14 bits per heavy atom. The largest absolute Gasteiger partial charge is 0.354 e. The van der Waals surface area contributed by atoms with E-state index in [1.165, 1.54) is 25.7 Å². The highest BCUT2D eigenvalue weighted by atomic mass is 16.2. The third-order valence-electron chi connectivity index (χ3n) is 6.00. The van der Waals surface area contributed by atoms with Gasteiger partial charge in [0.2, 0.25) is 5.91 Å². The van der Waals surface area contributed by atoms with Gasteiger partial charge in [0, 0.05) is 18.6 Å². The van der Waals surface area contributed by atoms with Gasteiger partial charge in [-0.25, -0.2) is 0 Å². The lowest BCUT2D eigenvalue weighted by Gasteiger charge is -2.45. The van der Waals surface area contributed by atoms with Gasteiger partial charge in [-0.3, -0.25) is 4.79 Å². The van der Waals surface area contributed by atoms with Gasteiger partial charge in [-0.2, -0.15) is 0 Å². The fraction of sp³-hybridized carbons (Fsp3) is 0.941. The maximum Gasteiger partial charge on any atom is 0.227 e. The van der Waals surface area contributed by atoms with Crippen molar-refractivity contribution in [3.05, 3.63) is 0 Å². The average molecular weight is 295 g/mol. The predicted octanol–water partition coefficient (Wildman–Crippen LogP) is 2.00. The highest BCUT2D eigenvalue weighted by Crippen LogP contribution is 2.36. The predicted molar refractivity (Wildman–Crippen MR) is 87.3 cm³/mol. The first-order chi connectivity index (χ1) is 9.94. The molecule has 0 radical (unpaired) electrons. The van der Waals surface area contributed by atoms with Crippen LogP contribution < -0.4 is 10.6 Å². The van der Waals surface area contributed by atoms with E-state index in [1.807, 2.05) is 0 Å². The van der Waals surface area contributed by atoms with Crippen molar-refractivity contribution >= 4 is 5.91 Å². The van der Waals surface area contributed by atoms with Crippen molar-refractivity contribution in [3.63, 3.8) is 0 Å². The van der Waals surface area contributed by atoms with Crippen LogP contribution in [0.5, 0.6) is 0 Å². The number of hydrogen-bond donors (Lipinski definition) is 2. The summed E-state index contributed by atoms with van der Waals surface area (Å²) in [5.74, 6) is 1.01. The van der Waals surface area contributed by atoms with E-state index in [-0.39, 0.29) is 16.9 Å². The topological polar surface area (TPSA) is 44.4 Å². The smallest absolute Gasteiger partial charge is 0.227 e. The Balaban J connectivity index is 2.00. The van der Waals surface area contributed by atoms with Crippen molar-refractivity contribution in [2.75, 3.05) is 33.7 Å². The minimum Gasteiger partial charge on any atom is -0.354 e. The summed E-state index contributed by atoms with van der Waals surface area (Å²) in [5, 5.41) is 6.66. The van der Waals surface area contributed by atoms with Crippen LogP contribution in [0.25, 0.3) is 0 Å². The molecule has 0 bridgehead atoms. The highest BCUT2D eigenvalue weighted by Gasteiger charge is 2.42. The molecule has 1 heterocycles.